The Kier molecular flexibility index (Phi) is 7.13. The van der Waals surface area contributed by atoms with Crippen LogP contribution in [0.5, 0.6) is 0 Å². The molecule has 1 heterocycles. The lowest BCUT2D eigenvalue weighted by atomic mass is 9.45. The third-order valence-corrected chi connectivity index (χ3v) is 12.2. The largest absolute Gasteiger partial charge is 0.462 e. The standard InChI is InChI=1S/C31H46O9/c1-15-18(16(2)39-27(15)36)11-26(40-17(3)32)30(6,37)25-8-10-31(38)20-12-22(33)21-13-23(34)24(35)14-28(21,4)19(20)7-9-29(25,31)5/h12,15-16,18-19,21,23-26,34-35,37-38H,7-11,13-14H2,1-6H3/t15-,16+,18+,19+,21+,23-,24+,25-,26-,28-,29-,30-,31-/m1/s1. The van der Waals surface area contributed by atoms with Crippen LogP contribution in [0.25, 0.3) is 0 Å². The molecular weight excluding hydrogens is 516 g/mol. The molecule has 0 aromatic heterocycles. The van der Waals surface area contributed by atoms with Gasteiger partial charge in [-0.15, -0.1) is 0 Å². The van der Waals surface area contributed by atoms with Gasteiger partial charge in [-0.05, 0) is 87.7 Å². The van der Waals surface area contributed by atoms with Gasteiger partial charge in [-0.25, -0.2) is 0 Å². The molecule has 4 N–H and O–H groups in total. The lowest BCUT2D eigenvalue weighted by Gasteiger charge is -2.60. The first-order valence-corrected chi connectivity index (χ1v) is 14.9. The molecule has 4 fully saturated rings. The Labute approximate surface area is 236 Å². The molecule has 0 bridgehead atoms. The van der Waals surface area contributed by atoms with Gasteiger partial charge in [0.2, 0.25) is 0 Å². The highest BCUT2D eigenvalue weighted by Crippen LogP contribution is 2.68. The van der Waals surface area contributed by atoms with Gasteiger partial charge in [0.25, 0.3) is 0 Å². The second kappa shape index (κ2) is 9.61. The van der Waals surface area contributed by atoms with Crippen molar-refractivity contribution in [2.24, 2.45) is 40.4 Å². The number of aliphatic hydroxyl groups excluding tert-OH is 2. The highest BCUT2D eigenvalue weighted by molar-refractivity contribution is 5.95. The van der Waals surface area contributed by atoms with E-state index in [2.05, 4.69) is 0 Å². The summed E-state index contributed by atoms with van der Waals surface area (Å²) in [6.45, 7) is 10.5. The molecule has 224 valence electrons. The molecule has 4 aliphatic carbocycles. The van der Waals surface area contributed by atoms with Crippen molar-refractivity contribution in [3.8, 4) is 0 Å². The SMILES string of the molecule is CC(=O)O[C@H](C[C@@H]1[C@H](C)OC(=O)[C@@H]1C)[C@](C)(O)[C@@H]1CC[C@@]2(O)C3=CC(=O)[C@@H]4C[C@@H](O)[C@@H](O)C[C@]4(C)[C@H]3CC[C@]12C. The van der Waals surface area contributed by atoms with Crippen LogP contribution in [0, 0.1) is 40.4 Å². The summed E-state index contributed by atoms with van der Waals surface area (Å²) >= 11 is 0. The van der Waals surface area contributed by atoms with Gasteiger partial charge in [0.15, 0.2) is 5.78 Å². The van der Waals surface area contributed by atoms with Crippen molar-refractivity contribution in [2.75, 3.05) is 0 Å². The fourth-order valence-corrected chi connectivity index (χ4v) is 9.74. The summed E-state index contributed by atoms with van der Waals surface area (Å²) in [6.07, 6.45) is 1.21. The summed E-state index contributed by atoms with van der Waals surface area (Å²) < 4.78 is 11.2. The highest BCUT2D eigenvalue weighted by Gasteiger charge is 2.69. The number of carbonyl (C=O) groups excluding carboxylic acids is 3. The molecule has 0 spiro atoms. The van der Waals surface area contributed by atoms with Gasteiger partial charge in [-0.3, -0.25) is 14.4 Å². The van der Waals surface area contributed by atoms with Crippen molar-refractivity contribution in [2.45, 2.75) is 122 Å². The second-order valence-electron chi connectivity index (χ2n) is 14.2. The molecule has 0 aromatic rings. The molecule has 0 aromatic carbocycles. The summed E-state index contributed by atoms with van der Waals surface area (Å²) in [4.78, 5) is 37.9. The van der Waals surface area contributed by atoms with Crippen molar-refractivity contribution in [3.05, 3.63) is 11.6 Å². The Morgan fingerprint density at radius 1 is 1.15 bits per heavy atom. The molecule has 3 saturated carbocycles. The van der Waals surface area contributed by atoms with Gasteiger partial charge < -0.3 is 29.9 Å². The third kappa shape index (κ3) is 4.13. The fraction of sp³-hybridized carbons (Fsp3) is 0.839. The van der Waals surface area contributed by atoms with E-state index < -0.39 is 64.1 Å². The van der Waals surface area contributed by atoms with Crippen molar-refractivity contribution >= 4 is 17.7 Å². The summed E-state index contributed by atoms with van der Waals surface area (Å²) in [5, 5.41) is 45.6. The number of fused-ring (bicyclic) bond motifs is 5. The average molecular weight is 563 g/mol. The zero-order chi connectivity index (χ0) is 29.6. The quantitative estimate of drug-likeness (QED) is 0.371. The van der Waals surface area contributed by atoms with Crippen LogP contribution in [0.15, 0.2) is 11.6 Å². The Morgan fingerprint density at radius 3 is 2.42 bits per heavy atom. The van der Waals surface area contributed by atoms with Crippen LogP contribution >= 0.6 is 0 Å². The number of hydrogen-bond acceptors (Lipinski definition) is 9. The van der Waals surface area contributed by atoms with Crippen LogP contribution in [0.3, 0.4) is 0 Å². The van der Waals surface area contributed by atoms with Gasteiger partial charge in [-0.1, -0.05) is 20.8 Å². The molecule has 9 nitrogen and oxygen atoms in total. The molecule has 0 radical (unpaired) electrons. The summed E-state index contributed by atoms with van der Waals surface area (Å²) in [6, 6.07) is 0. The molecule has 1 aliphatic heterocycles. The van der Waals surface area contributed by atoms with Gasteiger partial charge >= 0.3 is 11.9 Å². The zero-order valence-electron chi connectivity index (χ0n) is 24.6. The molecule has 9 heteroatoms. The maximum Gasteiger partial charge on any atom is 0.309 e. The topological polar surface area (TPSA) is 151 Å². The highest BCUT2D eigenvalue weighted by atomic mass is 16.6. The molecule has 40 heavy (non-hydrogen) atoms. The predicted molar refractivity (Wildman–Crippen MR) is 143 cm³/mol. The van der Waals surface area contributed by atoms with Crippen molar-refractivity contribution < 1.29 is 44.3 Å². The van der Waals surface area contributed by atoms with Crippen LogP contribution in [-0.2, 0) is 23.9 Å². The zero-order valence-corrected chi connectivity index (χ0v) is 24.6. The number of carbonyl (C=O) groups is 3. The van der Waals surface area contributed by atoms with Crippen LogP contribution in [0.1, 0.15) is 86.5 Å². The van der Waals surface area contributed by atoms with Gasteiger partial charge in [0.1, 0.15) is 17.8 Å². The van der Waals surface area contributed by atoms with E-state index in [1.807, 2.05) is 20.8 Å². The van der Waals surface area contributed by atoms with Crippen molar-refractivity contribution in [1.29, 1.82) is 0 Å². The molecule has 0 unspecified atom stereocenters. The normalized spacial score (nSPS) is 48.7. The van der Waals surface area contributed by atoms with E-state index in [1.54, 1.807) is 19.9 Å². The number of rotatable bonds is 5. The van der Waals surface area contributed by atoms with E-state index in [1.165, 1.54) is 6.92 Å². The average Bonchev–Trinajstić information content (AvgIpc) is 3.27. The first kappa shape index (κ1) is 29.7. The van der Waals surface area contributed by atoms with E-state index in [0.717, 1.165) is 0 Å². The minimum absolute atomic E-state index is 0.126. The Hall–Kier alpha value is -1.81. The number of ether oxygens (including phenoxy) is 2. The molecule has 5 aliphatic rings. The van der Waals surface area contributed by atoms with E-state index in [0.29, 0.717) is 31.3 Å². The number of ketones is 1. The monoisotopic (exact) mass is 562 g/mol. The Bertz CT molecular complexity index is 1110. The fourth-order valence-electron chi connectivity index (χ4n) is 9.74. The summed E-state index contributed by atoms with van der Waals surface area (Å²) in [7, 11) is 0. The molecule has 0 amide bonds. The predicted octanol–water partition coefficient (Wildman–Crippen LogP) is 2.46. The van der Waals surface area contributed by atoms with Crippen LogP contribution < -0.4 is 0 Å². The van der Waals surface area contributed by atoms with E-state index in [9.17, 15) is 34.8 Å². The third-order valence-electron chi connectivity index (χ3n) is 12.2. The minimum Gasteiger partial charge on any atom is -0.462 e. The molecule has 13 atom stereocenters. The van der Waals surface area contributed by atoms with Crippen LogP contribution in [0.4, 0.5) is 0 Å². The minimum atomic E-state index is -1.53. The smallest absolute Gasteiger partial charge is 0.309 e. The van der Waals surface area contributed by atoms with Gasteiger partial charge in [0.05, 0.1) is 23.7 Å². The Balaban J connectivity index is 1.48. The van der Waals surface area contributed by atoms with E-state index >= 15 is 0 Å². The summed E-state index contributed by atoms with van der Waals surface area (Å²) in [5.74, 6) is -2.61. The number of hydrogen-bond donors (Lipinski definition) is 4. The molecule has 5 rings (SSSR count). The van der Waals surface area contributed by atoms with Gasteiger partial charge in [-0.2, -0.15) is 0 Å². The first-order valence-electron chi connectivity index (χ1n) is 14.9. The maximum atomic E-state index is 13.4. The molecule has 1 saturated heterocycles. The van der Waals surface area contributed by atoms with E-state index in [4.69, 9.17) is 9.47 Å². The molecular formula is C31H46O9. The number of esters is 2. The number of cyclic esters (lactones) is 1. The number of aliphatic hydroxyl groups is 4. The van der Waals surface area contributed by atoms with Crippen LogP contribution in [0.2, 0.25) is 0 Å². The summed E-state index contributed by atoms with van der Waals surface area (Å²) in [5.41, 5.74) is -3.61. The van der Waals surface area contributed by atoms with E-state index in [-0.39, 0.29) is 49.0 Å². The number of allylic oxidation sites excluding steroid dienone is 1. The van der Waals surface area contributed by atoms with Crippen molar-refractivity contribution in [3.63, 3.8) is 0 Å². The van der Waals surface area contributed by atoms with Crippen molar-refractivity contribution in [1.82, 2.24) is 0 Å². The lowest BCUT2D eigenvalue weighted by Crippen LogP contribution is -2.63. The lowest BCUT2D eigenvalue weighted by molar-refractivity contribution is -0.194. The van der Waals surface area contributed by atoms with Crippen LogP contribution in [-0.4, -0.2) is 73.8 Å². The first-order chi connectivity index (χ1) is 18.5. The van der Waals surface area contributed by atoms with Gasteiger partial charge in [0, 0.05) is 24.2 Å². The second-order valence-corrected chi connectivity index (χ2v) is 14.2. The Morgan fingerprint density at radius 2 is 1.82 bits per heavy atom. The maximum absolute atomic E-state index is 13.4.